The number of methoxy groups -OCH3 is 1. The van der Waals surface area contributed by atoms with Gasteiger partial charge < -0.3 is 14.6 Å². The molecule has 1 N–H and O–H groups in total. The summed E-state index contributed by atoms with van der Waals surface area (Å²) in [6.45, 7) is 0.215. The summed E-state index contributed by atoms with van der Waals surface area (Å²) in [4.78, 5) is 30.2. The van der Waals surface area contributed by atoms with Crippen molar-refractivity contribution in [1.82, 2.24) is 4.90 Å². The van der Waals surface area contributed by atoms with Gasteiger partial charge in [0.1, 0.15) is 6.61 Å². The SMILES string of the molecule is COc1cc(C=C2SC(=Nc3ccc(C(=O)O)cc3)N(C)C2=O)ccc1OCc1ccccc1C#N. The number of hydrogen-bond donors (Lipinski definition) is 1. The number of nitriles is 1. The summed E-state index contributed by atoms with van der Waals surface area (Å²) in [7, 11) is 3.17. The molecule has 0 atom stereocenters. The standard InChI is InChI=1S/C27H21N3O5S/c1-30-25(31)24(36-27(30)29-21-10-8-18(9-11-21)26(32)33)14-17-7-12-22(23(13-17)34-2)35-16-20-6-4-3-5-19(20)15-28/h3-14H,16H2,1-2H3,(H,32,33). The lowest BCUT2D eigenvalue weighted by molar-refractivity contribution is -0.121. The highest BCUT2D eigenvalue weighted by molar-refractivity contribution is 8.18. The Hall–Kier alpha value is -4.55. The molecule has 0 bridgehead atoms. The first-order valence-corrected chi connectivity index (χ1v) is 11.6. The van der Waals surface area contributed by atoms with Crippen molar-refractivity contribution < 1.29 is 24.2 Å². The Balaban J connectivity index is 1.52. The number of rotatable bonds is 7. The number of benzene rings is 3. The van der Waals surface area contributed by atoms with E-state index in [1.165, 1.54) is 35.9 Å². The summed E-state index contributed by atoms with van der Waals surface area (Å²) in [5.74, 6) is -0.203. The van der Waals surface area contributed by atoms with E-state index < -0.39 is 5.97 Å². The Bertz CT molecular complexity index is 1420. The van der Waals surface area contributed by atoms with Crippen LogP contribution in [0.25, 0.3) is 6.08 Å². The Kier molecular flexibility index (Phi) is 7.37. The Morgan fingerprint density at radius 3 is 2.58 bits per heavy atom. The van der Waals surface area contributed by atoms with E-state index in [1.807, 2.05) is 18.2 Å². The normalized spacial score (nSPS) is 15.2. The van der Waals surface area contributed by atoms with Crippen LogP contribution in [0.2, 0.25) is 0 Å². The lowest BCUT2D eigenvalue weighted by Gasteiger charge is -2.12. The summed E-state index contributed by atoms with van der Waals surface area (Å²) in [6.07, 6.45) is 1.75. The number of thioether (sulfide) groups is 1. The van der Waals surface area contributed by atoms with Crippen molar-refractivity contribution in [3.8, 4) is 17.6 Å². The van der Waals surface area contributed by atoms with Crippen LogP contribution in [0, 0.1) is 11.3 Å². The minimum atomic E-state index is -1.01. The molecule has 3 aromatic rings. The summed E-state index contributed by atoms with van der Waals surface area (Å²) in [6, 6.07) is 20.8. The average Bonchev–Trinajstić information content (AvgIpc) is 3.15. The van der Waals surface area contributed by atoms with Gasteiger partial charge >= 0.3 is 5.97 Å². The van der Waals surface area contributed by atoms with Gasteiger partial charge in [0, 0.05) is 12.6 Å². The van der Waals surface area contributed by atoms with Gasteiger partial charge in [0.15, 0.2) is 16.7 Å². The fourth-order valence-electron chi connectivity index (χ4n) is 3.40. The number of nitrogens with zero attached hydrogens (tertiary/aromatic N) is 3. The van der Waals surface area contributed by atoms with Crippen molar-refractivity contribution in [2.75, 3.05) is 14.2 Å². The molecule has 0 radical (unpaired) electrons. The van der Waals surface area contributed by atoms with Gasteiger partial charge in [0.25, 0.3) is 5.91 Å². The van der Waals surface area contributed by atoms with E-state index in [9.17, 15) is 14.9 Å². The molecule has 1 amide bonds. The maximum absolute atomic E-state index is 12.8. The van der Waals surface area contributed by atoms with E-state index in [1.54, 1.807) is 49.5 Å². The van der Waals surface area contributed by atoms with E-state index in [4.69, 9.17) is 14.6 Å². The lowest BCUT2D eigenvalue weighted by atomic mass is 10.1. The second kappa shape index (κ2) is 10.8. The smallest absolute Gasteiger partial charge is 0.335 e. The minimum absolute atomic E-state index is 0.165. The second-order valence-electron chi connectivity index (χ2n) is 7.69. The van der Waals surface area contributed by atoms with Crippen LogP contribution in [0.3, 0.4) is 0 Å². The second-order valence-corrected chi connectivity index (χ2v) is 8.70. The zero-order valence-electron chi connectivity index (χ0n) is 19.5. The number of likely N-dealkylation sites (N-methyl/N-ethyl adjacent to an activating group) is 1. The van der Waals surface area contributed by atoms with E-state index in [-0.39, 0.29) is 18.1 Å². The summed E-state index contributed by atoms with van der Waals surface area (Å²) in [5, 5.41) is 18.8. The highest BCUT2D eigenvalue weighted by Gasteiger charge is 2.30. The molecule has 1 aliphatic rings. The molecule has 3 aromatic carbocycles. The summed E-state index contributed by atoms with van der Waals surface area (Å²) < 4.78 is 11.4. The number of amidine groups is 1. The van der Waals surface area contributed by atoms with Crippen LogP contribution in [0.5, 0.6) is 11.5 Å². The summed E-state index contributed by atoms with van der Waals surface area (Å²) in [5.41, 5.74) is 2.78. The number of carbonyl (C=O) groups is 2. The Labute approximate surface area is 212 Å². The van der Waals surface area contributed by atoms with Crippen molar-refractivity contribution in [1.29, 1.82) is 5.26 Å². The molecule has 1 fully saturated rings. The molecule has 180 valence electrons. The molecule has 0 aromatic heterocycles. The third-order valence-electron chi connectivity index (χ3n) is 5.35. The van der Waals surface area contributed by atoms with Crippen LogP contribution in [-0.4, -0.2) is 41.2 Å². The maximum atomic E-state index is 12.8. The lowest BCUT2D eigenvalue weighted by Crippen LogP contribution is -2.23. The molecular formula is C27H21N3O5S. The molecule has 4 rings (SSSR count). The molecule has 0 spiro atoms. The molecule has 9 heteroatoms. The molecule has 0 aliphatic carbocycles. The number of carboxylic acid groups (broad SMARTS) is 1. The predicted molar refractivity (Wildman–Crippen MR) is 137 cm³/mol. The van der Waals surface area contributed by atoms with Crippen molar-refractivity contribution in [3.05, 3.63) is 93.9 Å². The highest BCUT2D eigenvalue weighted by Crippen LogP contribution is 2.35. The number of aromatic carboxylic acids is 1. The van der Waals surface area contributed by atoms with Gasteiger partial charge in [-0.1, -0.05) is 24.3 Å². The van der Waals surface area contributed by atoms with Gasteiger partial charge in [-0.05, 0) is 65.9 Å². The number of aliphatic imine (C=N–C) groups is 1. The van der Waals surface area contributed by atoms with E-state index in [2.05, 4.69) is 11.1 Å². The van der Waals surface area contributed by atoms with Crippen LogP contribution in [0.4, 0.5) is 5.69 Å². The quantitative estimate of drug-likeness (QED) is 0.451. The molecule has 0 saturated carbocycles. The highest BCUT2D eigenvalue weighted by atomic mass is 32.2. The first-order chi connectivity index (χ1) is 17.4. The largest absolute Gasteiger partial charge is 0.493 e. The minimum Gasteiger partial charge on any atom is -0.493 e. The van der Waals surface area contributed by atoms with Gasteiger partial charge in [0.05, 0.1) is 34.9 Å². The first-order valence-electron chi connectivity index (χ1n) is 10.8. The van der Waals surface area contributed by atoms with Crippen molar-refractivity contribution in [3.63, 3.8) is 0 Å². The van der Waals surface area contributed by atoms with Crippen LogP contribution in [-0.2, 0) is 11.4 Å². The molecule has 0 unspecified atom stereocenters. The Morgan fingerprint density at radius 2 is 1.89 bits per heavy atom. The first kappa shape index (κ1) is 24.6. The van der Waals surface area contributed by atoms with Crippen LogP contribution >= 0.6 is 11.8 Å². The molecular weight excluding hydrogens is 478 g/mol. The topological polar surface area (TPSA) is 112 Å². The average molecular weight is 500 g/mol. The maximum Gasteiger partial charge on any atom is 0.335 e. The van der Waals surface area contributed by atoms with Gasteiger partial charge in [-0.2, -0.15) is 5.26 Å². The number of hydrogen-bond acceptors (Lipinski definition) is 7. The monoisotopic (exact) mass is 499 g/mol. The third-order valence-corrected chi connectivity index (χ3v) is 6.41. The number of carbonyl (C=O) groups excluding carboxylic acids is 1. The molecule has 36 heavy (non-hydrogen) atoms. The fraction of sp³-hybridized carbons (Fsp3) is 0.111. The molecule has 1 heterocycles. The molecule has 1 saturated heterocycles. The van der Waals surface area contributed by atoms with Crippen molar-refractivity contribution in [2.45, 2.75) is 6.61 Å². The van der Waals surface area contributed by atoms with Crippen LogP contribution < -0.4 is 9.47 Å². The van der Waals surface area contributed by atoms with Gasteiger partial charge in [0.2, 0.25) is 0 Å². The van der Waals surface area contributed by atoms with E-state index in [0.29, 0.717) is 32.8 Å². The van der Waals surface area contributed by atoms with Gasteiger partial charge in [-0.25, -0.2) is 9.79 Å². The van der Waals surface area contributed by atoms with Crippen LogP contribution in [0.1, 0.15) is 27.0 Å². The predicted octanol–water partition coefficient (Wildman–Crippen LogP) is 5.08. The van der Waals surface area contributed by atoms with Gasteiger partial charge in [-0.15, -0.1) is 0 Å². The van der Waals surface area contributed by atoms with Crippen LogP contribution in [0.15, 0.2) is 76.6 Å². The van der Waals surface area contributed by atoms with Crippen molar-refractivity contribution in [2.24, 2.45) is 4.99 Å². The number of amides is 1. The third kappa shape index (κ3) is 5.40. The number of ether oxygens (including phenoxy) is 2. The fourth-order valence-corrected chi connectivity index (χ4v) is 4.38. The van der Waals surface area contributed by atoms with Crippen molar-refractivity contribution >= 4 is 40.6 Å². The number of carboxylic acids is 1. The Morgan fingerprint density at radius 1 is 1.14 bits per heavy atom. The van der Waals surface area contributed by atoms with Gasteiger partial charge in [-0.3, -0.25) is 9.69 Å². The molecule has 8 nitrogen and oxygen atoms in total. The zero-order chi connectivity index (χ0) is 25.7. The zero-order valence-corrected chi connectivity index (χ0v) is 20.3. The van der Waals surface area contributed by atoms with E-state index >= 15 is 0 Å². The summed E-state index contributed by atoms with van der Waals surface area (Å²) >= 11 is 1.22. The van der Waals surface area contributed by atoms with E-state index in [0.717, 1.165) is 11.1 Å². The molecule has 1 aliphatic heterocycles.